The average Bonchev–Trinajstić information content (AvgIpc) is 3.11. The lowest BCUT2D eigenvalue weighted by Crippen LogP contribution is -2.71. The van der Waals surface area contributed by atoms with Crippen molar-refractivity contribution in [2.75, 3.05) is 0 Å². The fraction of sp³-hybridized carbons (Fsp3) is 0.750. The van der Waals surface area contributed by atoms with E-state index in [1.54, 1.807) is 27.7 Å². The monoisotopic (exact) mass is 504 g/mol. The van der Waals surface area contributed by atoms with E-state index >= 15 is 4.39 Å². The van der Waals surface area contributed by atoms with Crippen LogP contribution in [0.15, 0.2) is 23.8 Å². The van der Waals surface area contributed by atoms with Crippen LogP contribution in [0.5, 0.6) is 0 Å². The van der Waals surface area contributed by atoms with Gasteiger partial charge in [-0.15, -0.1) is 11.6 Å². The Morgan fingerprint density at radius 2 is 1.91 bits per heavy atom. The second-order valence-electron chi connectivity index (χ2n) is 11.1. The molecule has 1 aliphatic heterocycles. The number of fused-ring (bicyclic) bond motifs is 7. The highest BCUT2D eigenvalue weighted by Crippen LogP contribution is 2.72. The first-order chi connectivity index (χ1) is 15.1. The number of Topliss-reactive ketones (excluding diaryl/α,β-unsaturated/α-hetero) is 1. The Balaban J connectivity index is 1.67. The summed E-state index contributed by atoms with van der Waals surface area (Å²) in [6, 6.07) is 0. The van der Waals surface area contributed by atoms with Crippen LogP contribution in [0, 0.1) is 22.7 Å². The number of ether oxygens (including phenoxy) is 2. The van der Waals surface area contributed by atoms with Crippen LogP contribution in [-0.4, -0.2) is 56.9 Å². The molecule has 182 valence electrons. The molecule has 0 aromatic heterocycles. The maximum absolute atomic E-state index is 17.3. The number of hydrogen-bond acceptors (Lipinski definition) is 5. The molecule has 4 aliphatic carbocycles. The van der Waals surface area contributed by atoms with E-state index < -0.39 is 68.7 Å². The number of ketones is 2. The van der Waals surface area contributed by atoms with Gasteiger partial charge >= 0.3 is 0 Å². The number of carbonyl (C=O) groups is 2. The van der Waals surface area contributed by atoms with Crippen molar-refractivity contribution in [2.45, 2.75) is 87.2 Å². The Morgan fingerprint density at radius 1 is 1.24 bits per heavy atom. The van der Waals surface area contributed by atoms with Crippen LogP contribution < -0.4 is 0 Å². The lowest BCUT2D eigenvalue weighted by molar-refractivity contribution is -0.246. The van der Waals surface area contributed by atoms with Crippen LogP contribution in [-0.2, 0) is 19.1 Å². The third-order valence-electron chi connectivity index (χ3n) is 9.19. The number of aliphatic hydroxyl groups is 1. The van der Waals surface area contributed by atoms with Gasteiger partial charge in [-0.25, -0.2) is 8.78 Å². The molecule has 0 aromatic carbocycles. The van der Waals surface area contributed by atoms with Gasteiger partial charge < -0.3 is 14.6 Å². The first-order valence-corrected chi connectivity index (χ1v) is 12.2. The molecule has 5 rings (SSSR count). The topological polar surface area (TPSA) is 72.8 Å². The van der Waals surface area contributed by atoms with Crippen LogP contribution in [0.2, 0.25) is 0 Å². The quantitative estimate of drug-likeness (QED) is 0.571. The lowest BCUT2D eigenvalue weighted by atomic mass is 9.44. The third-order valence-corrected chi connectivity index (χ3v) is 9.80. The maximum Gasteiger partial charge on any atom is 0.234 e. The van der Waals surface area contributed by atoms with Crippen LogP contribution >= 0.6 is 23.2 Å². The molecule has 1 N–H and O–H groups in total. The van der Waals surface area contributed by atoms with Gasteiger partial charge in [0.15, 0.2) is 22.8 Å². The van der Waals surface area contributed by atoms with Crippen molar-refractivity contribution in [3.63, 3.8) is 0 Å². The fourth-order valence-electron chi connectivity index (χ4n) is 7.90. The standard InChI is InChI=1S/C24H28Cl2F2O5/c1-20(2)32-17-9-12-13-8-15(25)14-7-11(29)5-6-21(14,3)23(13,28)16(30)10-22(12,4)24(17,33-20)18(31)19(26)27/h5-7,12-13,15-17,19,30H,8-10H2,1-4H3/t12-,13-,15-,16-,17+,19?,21-,22-,23-,24-/m0/s1. The Labute approximate surface area is 201 Å². The smallest absolute Gasteiger partial charge is 0.234 e. The molecule has 9 heteroatoms. The van der Waals surface area contributed by atoms with Gasteiger partial charge in [0, 0.05) is 16.7 Å². The Kier molecular flexibility index (Phi) is 4.97. The summed E-state index contributed by atoms with van der Waals surface area (Å²) in [6.07, 6.45) is 2.03. The number of allylic oxidation sites excluding steroid dienone is 4. The van der Waals surface area contributed by atoms with Gasteiger partial charge in [0.05, 0.1) is 17.6 Å². The zero-order chi connectivity index (χ0) is 24.4. The Bertz CT molecular complexity index is 997. The predicted octanol–water partition coefficient (Wildman–Crippen LogP) is 4.18. The van der Waals surface area contributed by atoms with Gasteiger partial charge in [-0.05, 0) is 63.7 Å². The van der Waals surface area contributed by atoms with Gasteiger partial charge in [-0.1, -0.05) is 24.6 Å². The molecule has 1 heterocycles. The molecular formula is C24H28Cl2F2O5. The molecule has 1 saturated heterocycles. The van der Waals surface area contributed by atoms with E-state index in [4.69, 9.17) is 32.7 Å². The molecule has 1 unspecified atom stereocenters. The first-order valence-electron chi connectivity index (χ1n) is 11.3. The summed E-state index contributed by atoms with van der Waals surface area (Å²) in [6.45, 7) is 6.66. The number of alkyl halides is 4. The Morgan fingerprint density at radius 3 is 2.55 bits per heavy atom. The molecular weight excluding hydrogens is 477 g/mol. The summed E-state index contributed by atoms with van der Waals surface area (Å²) in [7, 11) is 0. The van der Waals surface area contributed by atoms with Crippen LogP contribution in [0.25, 0.3) is 0 Å². The van der Waals surface area contributed by atoms with Gasteiger partial charge in [-0.2, -0.15) is 0 Å². The van der Waals surface area contributed by atoms with E-state index in [1.165, 1.54) is 18.2 Å². The summed E-state index contributed by atoms with van der Waals surface area (Å²) in [4.78, 5) is 25.3. The maximum atomic E-state index is 17.3. The van der Waals surface area contributed by atoms with Crippen molar-refractivity contribution in [1.82, 2.24) is 0 Å². The molecule has 0 bridgehead atoms. The van der Waals surface area contributed by atoms with Crippen molar-refractivity contribution in [3.05, 3.63) is 23.8 Å². The zero-order valence-corrected chi connectivity index (χ0v) is 20.4. The van der Waals surface area contributed by atoms with Gasteiger partial charge in [0.2, 0.25) is 11.4 Å². The minimum atomic E-state index is -2.33. The Hall–Kier alpha value is -0.860. The first kappa shape index (κ1) is 23.9. The minimum absolute atomic E-state index is 0.151. The number of rotatable bonds is 2. The molecule has 0 spiro atoms. The molecule has 4 fully saturated rings. The van der Waals surface area contributed by atoms with Crippen LogP contribution in [0.1, 0.15) is 47.0 Å². The number of halogens is 4. The normalized spacial score (nSPS) is 52.9. The predicted molar refractivity (Wildman–Crippen MR) is 117 cm³/mol. The van der Waals surface area contributed by atoms with Crippen molar-refractivity contribution < 1.29 is 33.0 Å². The number of aliphatic hydroxyl groups excluding tert-OH is 1. The SMILES string of the molecule is CC1(C)O[C@@H]2C[C@H]3[C@@H]4C[C@H](Cl)C5=CC(=O)C=C[C@]5(C)[C@@]4(F)[C@@H](O)C[C@]3(C)[C@]2(C(=O)C(F)Cl)O1. The molecule has 3 saturated carbocycles. The highest BCUT2D eigenvalue weighted by molar-refractivity contribution is 6.31. The number of hydrogen-bond donors (Lipinski definition) is 1. The second kappa shape index (κ2) is 6.88. The largest absolute Gasteiger partial charge is 0.390 e. The molecule has 10 atom stereocenters. The highest BCUT2D eigenvalue weighted by atomic mass is 35.5. The van der Waals surface area contributed by atoms with Gasteiger partial charge in [0.1, 0.15) is 0 Å². The second-order valence-corrected chi connectivity index (χ2v) is 12.0. The molecule has 5 nitrogen and oxygen atoms in total. The van der Waals surface area contributed by atoms with Crippen LogP contribution in [0.4, 0.5) is 8.78 Å². The zero-order valence-electron chi connectivity index (χ0n) is 18.9. The van der Waals surface area contributed by atoms with E-state index in [-0.39, 0.29) is 25.0 Å². The summed E-state index contributed by atoms with van der Waals surface area (Å²) < 4.78 is 43.8. The third kappa shape index (κ3) is 2.69. The summed E-state index contributed by atoms with van der Waals surface area (Å²) in [5.41, 5.74) is -8.25. The minimum Gasteiger partial charge on any atom is -0.390 e. The van der Waals surface area contributed by atoms with Crippen molar-refractivity contribution in [3.8, 4) is 0 Å². The molecule has 0 radical (unpaired) electrons. The molecule has 0 amide bonds. The summed E-state index contributed by atoms with van der Waals surface area (Å²) in [5.74, 6) is -3.70. The van der Waals surface area contributed by atoms with E-state index in [1.807, 2.05) is 0 Å². The lowest BCUT2D eigenvalue weighted by Gasteiger charge is -2.63. The fourth-order valence-corrected chi connectivity index (χ4v) is 8.54. The summed E-state index contributed by atoms with van der Waals surface area (Å²) >= 11 is 12.4. The van der Waals surface area contributed by atoms with Gasteiger partial charge in [-0.3, -0.25) is 9.59 Å². The average molecular weight is 505 g/mol. The van der Waals surface area contributed by atoms with Crippen LogP contribution in [0.3, 0.4) is 0 Å². The van der Waals surface area contributed by atoms with E-state index in [0.717, 1.165) is 0 Å². The van der Waals surface area contributed by atoms with E-state index in [0.29, 0.717) is 5.57 Å². The van der Waals surface area contributed by atoms with Crippen molar-refractivity contribution in [1.29, 1.82) is 0 Å². The molecule has 5 aliphatic rings. The molecule has 33 heavy (non-hydrogen) atoms. The van der Waals surface area contributed by atoms with E-state index in [9.17, 15) is 19.1 Å². The van der Waals surface area contributed by atoms with Crippen molar-refractivity contribution >= 4 is 34.8 Å². The van der Waals surface area contributed by atoms with Gasteiger partial charge in [0.25, 0.3) is 0 Å². The highest BCUT2D eigenvalue weighted by Gasteiger charge is 2.81. The van der Waals surface area contributed by atoms with Crippen molar-refractivity contribution in [2.24, 2.45) is 22.7 Å². The summed E-state index contributed by atoms with van der Waals surface area (Å²) in [5, 5.41) is 10.8. The van der Waals surface area contributed by atoms with E-state index in [2.05, 4.69) is 0 Å². The molecule has 0 aromatic rings. The number of carbonyl (C=O) groups excluding carboxylic acids is 2.